The van der Waals surface area contributed by atoms with Gasteiger partial charge in [0.2, 0.25) is 10.0 Å². The van der Waals surface area contributed by atoms with Gasteiger partial charge in [-0.3, -0.25) is 4.68 Å². The van der Waals surface area contributed by atoms with E-state index >= 15 is 0 Å². The zero-order valence-electron chi connectivity index (χ0n) is 18.1. The van der Waals surface area contributed by atoms with Crippen molar-refractivity contribution in [1.29, 1.82) is 0 Å². The van der Waals surface area contributed by atoms with Gasteiger partial charge >= 0.3 is 6.18 Å². The average molecular weight is 510 g/mol. The molecule has 0 spiro atoms. The quantitative estimate of drug-likeness (QED) is 0.544. The van der Waals surface area contributed by atoms with Crippen LogP contribution in [0.15, 0.2) is 65.8 Å². The van der Waals surface area contributed by atoms with Gasteiger partial charge in [0.25, 0.3) is 0 Å². The molecule has 3 atom stereocenters. The fraction of sp³-hybridized carbons (Fsp3) is 0.318. The van der Waals surface area contributed by atoms with Gasteiger partial charge in [0.05, 0.1) is 49.0 Å². The summed E-state index contributed by atoms with van der Waals surface area (Å²) in [7, 11) is -4.29. The summed E-state index contributed by atoms with van der Waals surface area (Å²) in [4.78, 5) is 1.40. The summed E-state index contributed by atoms with van der Waals surface area (Å²) in [6.45, 7) is -1.44. The van der Waals surface area contributed by atoms with Gasteiger partial charge in [0, 0.05) is 6.20 Å². The largest absolute Gasteiger partial charge is 0.453 e. The molecule has 2 aliphatic rings. The van der Waals surface area contributed by atoms with E-state index in [0.29, 0.717) is 27.6 Å². The molecule has 1 saturated heterocycles. The standard InChI is InChI=1S/C22H21F3N4O5S/c23-22(24,25)13-28-10-14(9-26-28)35(31,32)27-15-11-33-12-18(21(15)30)29-16-5-1-3-7-19(16)34-20-8-4-2-6-17(20)29/h1-10,15,18,21,27,30H,11-13H2/t15-,18+,21+/m1/s1. The molecule has 1 aromatic heterocycles. The molecule has 13 heteroatoms. The summed E-state index contributed by atoms with van der Waals surface area (Å²) < 4.78 is 78.0. The summed E-state index contributed by atoms with van der Waals surface area (Å²) in [5, 5.41) is 14.7. The highest BCUT2D eigenvalue weighted by atomic mass is 32.2. The average Bonchev–Trinajstić information content (AvgIpc) is 3.27. The Bertz CT molecular complexity index is 1280. The summed E-state index contributed by atoms with van der Waals surface area (Å²) in [5.74, 6) is 1.14. The van der Waals surface area contributed by atoms with Crippen LogP contribution in [0.3, 0.4) is 0 Å². The summed E-state index contributed by atoms with van der Waals surface area (Å²) >= 11 is 0. The number of hydrogen-bond donors (Lipinski definition) is 2. The Morgan fingerprint density at radius 1 is 1.06 bits per heavy atom. The number of fused-ring (bicyclic) bond motifs is 2. The van der Waals surface area contributed by atoms with Gasteiger partial charge in [0.1, 0.15) is 11.4 Å². The fourth-order valence-corrected chi connectivity index (χ4v) is 5.41. The van der Waals surface area contributed by atoms with E-state index < -0.39 is 45.8 Å². The number of aliphatic hydroxyl groups is 1. The molecule has 0 radical (unpaired) electrons. The number of anilines is 2. The maximum absolute atomic E-state index is 12.9. The lowest BCUT2D eigenvalue weighted by Gasteiger charge is -2.44. The van der Waals surface area contributed by atoms with Crippen LogP contribution in [0.25, 0.3) is 0 Å². The molecule has 1 fully saturated rings. The number of rotatable bonds is 5. The highest BCUT2D eigenvalue weighted by Crippen LogP contribution is 2.48. The molecule has 2 N–H and O–H groups in total. The molecule has 2 aromatic carbocycles. The zero-order chi connectivity index (χ0) is 24.8. The van der Waals surface area contributed by atoms with Gasteiger partial charge < -0.3 is 19.5 Å². The molecule has 35 heavy (non-hydrogen) atoms. The SMILES string of the molecule is O=S(=O)(N[C@@H]1COC[C@H](N2c3ccccc3Oc3ccccc32)[C@H]1O)c1cnn(CC(F)(F)F)c1. The molecular weight excluding hydrogens is 489 g/mol. The van der Waals surface area contributed by atoms with Crippen molar-refractivity contribution in [3.05, 3.63) is 60.9 Å². The number of para-hydroxylation sites is 4. The topological polar surface area (TPSA) is 106 Å². The lowest BCUT2D eigenvalue weighted by molar-refractivity contribution is -0.142. The van der Waals surface area contributed by atoms with E-state index in [9.17, 15) is 26.7 Å². The first kappa shape index (κ1) is 23.6. The number of halogens is 3. The molecule has 186 valence electrons. The third kappa shape index (κ3) is 4.72. The number of aromatic nitrogens is 2. The van der Waals surface area contributed by atoms with Gasteiger partial charge in [-0.1, -0.05) is 24.3 Å². The van der Waals surface area contributed by atoms with Crippen molar-refractivity contribution in [3.8, 4) is 11.5 Å². The Kier molecular flexibility index (Phi) is 5.95. The lowest BCUT2D eigenvalue weighted by Crippen LogP contribution is -2.60. The van der Waals surface area contributed by atoms with Gasteiger partial charge in [-0.2, -0.15) is 18.3 Å². The van der Waals surface area contributed by atoms with Crippen LogP contribution in [-0.2, 0) is 21.3 Å². The number of hydrogen-bond acceptors (Lipinski definition) is 7. The van der Waals surface area contributed by atoms with Gasteiger partial charge in [0.15, 0.2) is 11.5 Å². The van der Waals surface area contributed by atoms with Crippen LogP contribution in [-0.4, -0.2) is 60.9 Å². The monoisotopic (exact) mass is 510 g/mol. The van der Waals surface area contributed by atoms with Crippen molar-refractivity contribution in [2.24, 2.45) is 0 Å². The van der Waals surface area contributed by atoms with Crippen molar-refractivity contribution >= 4 is 21.4 Å². The van der Waals surface area contributed by atoms with Crippen molar-refractivity contribution in [2.45, 2.75) is 35.8 Å². The minimum Gasteiger partial charge on any atom is -0.453 e. The van der Waals surface area contributed by atoms with Crippen molar-refractivity contribution in [2.75, 3.05) is 18.1 Å². The molecule has 0 amide bonds. The van der Waals surface area contributed by atoms with Crippen LogP contribution >= 0.6 is 0 Å². The number of nitrogens with zero attached hydrogens (tertiary/aromatic N) is 3. The first-order chi connectivity index (χ1) is 16.6. The number of sulfonamides is 1. The van der Waals surface area contributed by atoms with Crippen LogP contribution in [0, 0.1) is 0 Å². The normalized spacial score (nSPS) is 22.3. The molecular formula is C22H21F3N4O5S. The van der Waals surface area contributed by atoms with Gasteiger partial charge in [-0.05, 0) is 24.3 Å². The maximum Gasteiger partial charge on any atom is 0.408 e. The molecule has 3 aromatic rings. The van der Waals surface area contributed by atoms with Crippen LogP contribution in [0.4, 0.5) is 24.5 Å². The van der Waals surface area contributed by atoms with Crippen molar-refractivity contribution in [1.82, 2.24) is 14.5 Å². The zero-order valence-corrected chi connectivity index (χ0v) is 18.9. The third-order valence-electron chi connectivity index (χ3n) is 5.76. The minimum atomic E-state index is -4.55. The minimum absolute atomic E-state index is 0.103. The van der Waals surface area contributed by atoms with E-state index in [1.165, 1.54) is 0 Å². The Balaban J connectivity index is 1.41. The van der Waals surface area contributed by atoms with E-state index in [1.807, 2.05) is 41.3 Å². The fourth-order valence-electron chi connectivity index (χ4n) is 4.22. The molecule has 9 nitrogen and oxygen atoms in total. The Morgan fingerprint density at radius 2 is 1.69 bits per heavy atom. The predicted molar refractivity (Wildman–Crippen MR) is 118 cm³/mol. The Labute approximate surface area is 198 Å². The lowest BCUT2D eigenvalue weighted by atomic mass is 9.98. The number of ether oxygens (including phenoxy) is 2. The second-order valence-corrected chi connectivity index (χ2v) is 9.93. The van der Waals surface area contributed by atoms with E-state index in [2.05, 4.69) is 9.82 Å². The number of alkyl halides is 3. The van der Waals surface area contributed by atoms with Crippen LogP contribution in [0.1, 0.15) is 0 Å². The summed E-state index contributed by atoms with van der Waals surface area (Å²) in [5.41, 5.74) is 1.35. The Morgan fingerprint density at radius 3 is 2.31 bits per heavy atom. The van der Waals surface area contributed by atoms with Crippen molar-refractivity contribution in [3.63, 3.8) is 0 Å². The van der Waals surface area contributed by atoms with Crippen LogP contribution in [0.5, 0.6) is 11.5 Å². The molecule has 3 heterocycles. The highest BCUT2D eigenvalue weighted by Gasteiger charge is 2.42. The number of aliphatic hydroxyl groups excluding tert-OH is 1. The molecule has 5 rings (SSSR count). The van der Waals surface area contributed by atoms with Gasteiger partial charge in [-0.15, -0.1) is 0 Å². The van der Waals surface area contributed by atoms with E-state index in [0.717, 1.165) is 12.4 Å². The molecule has 0 aliphatic carbocycles. The van der Waals surface area contributed by atoms with E-state index in [4.69, 9.17) is 9.47 Å². The third-order valence-corrected chi connectivity index (χ3v) is 7.21. The summed E-state index contributed by atoms with van der Waals surface area (Å²) in [6, 6.07) is 12.7. The second-order valence-electron chi connectivity index (χ2n) is 8.22. The first-order valence-electron chi connectivity index (χ1n) is 10.6. The smallest absolute Gasteiger partial charge is 0.408 e. The van der Waals surface area contributed by atoms with Crippen LogP contribution < -0.4 is 14.4 Å². The first-order valence-corrected chi connectivity index (χ1v) is 12.1. The van der Waals surface area contributed by atoms with Crippen LogP contribution in [0.2, 0.25) is 0 Å². The molecule has 0 bridgehead atoms. The second kappa shape index (κ2) is 8.82. The molecule has 2 aliphatic heterocycles. The van der Waals surface area contributed by atoms with Crippen molar-refractivity contribution < 1.29 is 36.2 Å². The highest BCUT2D eigenvalue weighted by molar-refractivity contribution is 7.89. The maximum atomic E-state index is 12.9. The number of nitrogens with one attached hydrogen (secondary N) is 1. The summed E-state index contributed by atoms with van der Waals surface area (Å²) in [6.07, 6.45) is -4.15. The predicted octanol–water partition coefficient (Wildman–Crippen LogP) is 2.80. The Hall–Kier alpha value is -3.13. The number of benzene rings is 2. The molecule has 0 saturated carbocycles. The van der Waals surface area contributed by atoms with E-state index in [1.54, 1.807) is 12.1 Å². The van der Waals surface area contributed by atoms with Gasteiger partial charge in [-0.25, -0.2) is 13.1 Å². The van der Waals surface area contributed by atoms with E-state index in [-0.39, 0.29) is 13.2 Å². The molecule has 0 unspecified atom stereocenters.